The lowest BCUT2D eigenvalue weighted by atomic mass is 10.2. The van der Waals surface area contributed by atoms with E-state index >= 15 is 0 Å². The second-order valence-corrected chi connectivity index (χ2v) is 6.88. The highest BCUT2D eigenvalue weighted by Crippen LogP contribution is 2.02. The number of benzene rings is 1. The van der Waals surface area contributed by atoms with Crippen LogP contribution in [0.4, 0.5) is 0 Å². The van der Waals surface area contributed by atoms with E-state index in [2.05, 4.69) is 10.0 Å². The molecule has 0 aliphatic carbocycles. The van der Waals surface area contributed by atoms with Crippen LogP contribution in [0, 0.1) is 0 Å². The number of carbonyl (C=O) groups excluding carboxylic acids is 2. The SMILES string of the molecule is CC[C@@H](C=O)NC(=O)[C@@H](COCc1ccccc1)NS(C)(=O)=O. The number of carbonyl (C=O) groups is 2. The normalized spacial score (nSPS) is 14.0. The zero-order chi connectivity index (χ0) is 17.3. The molecular formula is C15H22N2O5S. The fraction of sp³-hybridized carbons (Fsp3) is 0.467. The number of sulfonamides is 1. The van der Waals surface area contributed by atoms with Crippen molar-refractivity contribution in [3.8, 4) is 0 Å². The molecule has 0 saturated carbocycles. The number of hydrogen-bond donors (Lipinski definition) is 2. The van der Waals surface area contributed by atoms with Crippen molar-refractivity contribution in [1.29, 1.82) is 0 Å². The molecule has 0 radical (unpaired) electrons. The first-order chi connectivity index (χ1) is 10.9. The van der Waals surface area contributed by atoms with Gasteiger partial charge in [0.05, 0.1) is 25.5 Å². The van der Waals surface area contributed by atoms with Gasteiger partial charge in [0.25, 0.3) is 0 Å². The Labute approximate surface area is 136 Å². The van der Waals surface area contributed by atoms with Gasteiger partial charge in [0.15, 0.2) is 0 Å². The molecule has 1 rings (SSSR count). The molecule has 2 N–H and O–H groups in total. The average molecular weight is 342 g/mol. The maximum Gasteiger partial charge on any atom is 0.241 e. The molecule has 0 aliphatic heterocycles. The van der Waals surface area contributed by atoms with Crippen LogP contribution in [0.5, 0.6) is 0 Å². The van der Waals surface area contributed by atoms with Crippen molar-refractivity contribution in [2.24, 2.45) is 0 Å². The Balaban J connectivity index is 2.64. The third-order valence-electron chi connectivity index (χ3n) is 3.00. The molecule has 1 aromatic carbocycles. The molecule has 7 nitrogen and oxygen atoms in total. The van der Waals surface area contributed by atoms with Crippen LogP contribution < -0.4 is 10.0 Å². The maximum absolute atomic E-state index is 12.1. The summed E-state index contributed by atoms with van der Waals surface area (Å²) in [5.74, 6) is -0.595. The molecule has 2 atom stereocenters. The smallest absolute Gasteiger partial charge is 0.241 e. The van der Waals surface area contributed by atoms with Gasteiger partial charge >= 0.3 is 0 Å². The van der Waals surface area contributed by atoms with Crippen LogP contribution in [0.15, 0.2) is 30.3 Å². The molecule has 0 spiro atoms. The Kier molecular flexibility index (Phi) is 7.87. The lowest BCUT2D eigenvalue weighted by Crippen LogP contribution is -2.51. The molecule has 0 aliphatic rings. The van der Waals surface area contributed by atoms with E-state index in [0.29, 0.717) is 12.7 Å². The fourth-order valence-electron chi connectivity index (χ4n) is 1.81. The Morgan fingerprint density at radius 2 is 1.96 bits per heavy atom. The molecule has 0 fully saturated rings. The molecule has 0 saturated heterocycles. The highest BCUT2D eigenvalue weighted by molar-refractivity contribution is 7.88. The Hall–Kier alpha value is -1.77. The molecule has 1 aromatic rings. The average Bonchev–Trinajstić information content (AvgIpc) is 2.51. The summed E-state index contributed by atoms with van der Waals surface area (Å²) in [6.45, 7) is 1.86. The van der Waals surface area contributed by atoms with Crippen molar-refractivity contribution in [2.75, 3.05) is 12.9 Å². The van der Waals surface area contributed by atoms with E-state index in [1.807, 2.05) is 30.3 Å². The van der Waals surface area contributed by atoms with Gasteiger partial charge in [0.2, 0.25) is 15.9 Å². The van der Waals surface area contributed by atoms with Gasteiger partial charge in [-0.25, -0.2) is 13.1 Å². The number of hydrogen-bond acceptors (Lipinski definition) is 5. The van der Waals surface area contributed by atoms with Gasteiger partial charge in [-0.15, -0.1) is 0 Å². The first-order valence-electron chi connectivity index (χ1n) is 7.20. The van der Waals surface area contributed by atoms with E-state index < -0.39 is 28.0 Å². The van der Waals surface area contributed by atoms with Crippen LogP contribution in [0.1, 0.15) is 18.9 Å². The van der Waals surface area contributed by atoms with Crippen molar-refractivity contribution in [3.63, 3.8) is 0 Å². The lowest BCUT2D eigenvalue weighted by molar-refractivity contribution is -0.126. The highest BCUT2D eigenvalue weighted by atomic mass is 32.2. The van der Waals surface area contributed by atoms with Crippen molar-refractivity contribution in [1.82, 2.24) is 10.0 Å². The molecule has 23 heavy (non-hydrogen) atoms. The molecule has 0 unspecified atom stereocenters. The van der Waals surface area contributed by atoms with E-state index in [4.69, 9.17) is 4.74 Å². The topological polar surface area (TPSA) is 102 Å². The van der Waals surface area contributed by atoms with Gasteiger partial charge in [-0.3, -0.25) is 4.79 Å². The third-order valence-corrected chi connectivity index (χ3v) is 3.71. The van der Waals surface area contributed by atoms with E-state index in [1.165, 1.54) is 0 Å². The summed E-state index contributed by atoms with van der Waals surface area (Å²) in [4.78, 5) is 22.9. The van der Waals surface area contributed by atoms with E-state index in [9.17, 15) is 18.0 Å². The lowest BCUT2D eigenvalue weighted by Gasteiger charge is -2.19. The molecule has 8 heteroatoms. The van der Waals surface area contributed by atoms with Crippen LogP contribution in [-0.4, -0.2) is 45.6 Å². The third kappa shape index (κ3) is 7.87. The van der Waals surface area contributed by atoms with Gasteiger partial charge < -0.3 is 14.8 Å². The molecule has 0 aromatic heterocycles. The maximum atomic E-state index is 12.1. The zero-order valence-electron chi connectivity index (χ0n) is 13.2. The monoisotopic (exact) mass is 342 g/mol. The van der Waals surface area contributed by atoms with Crippen molar-refractivity contribution >= 4 is 22.2 Å². The van der Waals surface area contributed by atoms with Gasteiger partial charge in [-0.05, 0) is 12.0 Å². The summed E-state index contributed by atoms with van der Waals surface area (Å²) < 4.78 is 30.4. The Morgan fingerprint density at radius 3 is 2.48 bits per heavy atom. The summed E-state index contributed by atoms with van der Waals surface area (Å²) in [6, 6.07) is 7.55. The van der Waals surface area contributed by atoms with E-state index in [-0.39, 0.29) is 13.2 Å². The predicted octanol–water partition coefficient (Wildman–Crippen LogP) is 0.215. The minimum Gasteiger partial charge on any atom is -0.375 e. The van der Waals surface area contributed by atoms with E-state index in [1.54, 1.807) is 6.92 Å². The Morgan fingerprint density at radius 1 is 1.30 bits per heavy atom. The molecule has 0 heterocycles. The fourth-order valence-corrected chi connectivity index (χ4v) is 2.50. The van der Waals surface area contributed by atoms with Gasteiger partial charge in [0, 0.05) is 0 Å². The Bertz CT molecular complexity index is 604. The summed E-state index contributed by atoms with van der Waals surface area (Å²) in [5, 5.41) is 2.47. The largest absolute Gasteiger partial charge is 0.375 e. The summed E-state index contributed by atoms with van der Waals surface area (Å²) in [5.41, 5.74) is 0.908. The van der Waals surface area contributed by atoms with Crippen LogP contribution >= 0.6 is 0 Å². The van der Waals surface area contributed by atoms with Crippen molar-refractivity contribution in [2.45, 2.75) is 32.0 Å². The summed E-state index contributed by atoms with van der Waals surface area (Å²) in [6.07, 6.45) is 1.99. The first-order valence-corrected chi connectivity index (χ1v) is 9.09. The van der Waals surface area contributed by atoms with Crippen LogP contribution in [0.25, 0.3) is 0 Å². The van der Waals surface area contributed by atoms with Gasteiger partial charge in [-0.1, -0.05) is 37.3 Å². The number of nitrogens with one attached hydrogen (secondary N) is 2. The van der Waals surface area contributed by atoms with Gasteiger partial charge in [-0.2, -0.15) is 0 Å². The minimum atomic E-state index is -3.59. The van der Waals surface area contributed by atoms with Crippen molar-refractivity contribution in [3.05, 3.63) is 35.9 Å². The minimum absolute atomic E-state index is 0.136. The van der Waals surface area contributed by atoms with Crippen molar-refractivity contribution < 1.29 is 22.7 Å². The van der Waals surface area contributed by atoms with E-state index in [0.717, 1.165) is 11.8 Å². The van der Waals surface area contributed by atoms with Gasteiger partial charge in [0.1, 0.15) is 12.3 Å². The molecular weight excluding hydrogens is 320 g/mol. The summed E-state index contributed by atoms with van der Waals surface area (Å²) >= 11 is 0. The quantitative estimate of drug-likeness (QED) is 0.592. The van der Waals surface area contributed by atoms with Crippen LogP contribution in [-0.2, 0) is 31.0 Å². The standard InChI is InChI=1S/C15H22N2O5S/c1-3-13(9-18)16-15(19)14(17-23(2,20)21)11-22-10-12-7-5-4-6-8-12/h4-9,13-14,17H,3,10-11H2,1-2H3,(H,16,19)/t13-,14+/m0/s1. The molecule has 128 valence electrons. The first kappa shape index (κ1) is 19.3. The van der Waals surface area contributed by atoms with Crippen LogP contribution in [0.2, 0.25) is 0 Å². The highest BCUT2D eigenvalue weighted by Gasteiger charge is 2.24. The predicted molar refractivity (Wildman–Crippen MR) is 86.2 cm³/mol. The molecule has 0 bridgehead atoms. The summed E-state index contributed by atoms with van der Waals surface area (Å²) in [7, 11) is -3.59. The number of amides is 1. The van der Waals surface area contributed by atoms with Crippen LogP contribution in [0.3, 0.4) is 0 Å². The number of rotatable bonds is 10. The number of ether oxygens (including phenoxy) is 1. The second kappa shape index (κ2) is 9.39. The second-order valence-electron chi connectivity index (χ2n) is 5.10. The zero-order valence-corrected chi connectivity index (χ0v) is 14.0. The number of aldehydes is 1. The molecule has 1 amide bonds.